The Bertz CT molecular complexity index is 434. The average Bonchev–Trinajstić information content (AvgIpc) is 2.63. The maximum atomic E-state index is 11.9. The van der Waals surface area contributed by atoms with E-state index < -0.39 is 11.9 Å². The van der Waals surface area contributed by atoms with Crippen LogP contribution in [0.15, 0.2) is 11.4 Å². The third-order valence-corrected chi connectivity index (χ3v) is 3.21. The van der Waals surface area contributed by atoms with Gasteiger partial charge in [-0.05, 0) is 16.9 Å². The number of anilines is 1. The maximum absolute atomic E-state index is 11.9. The summed E-state index contributed by atoms with van der Waals surface area (Å²) in [4.78, 5) is 22.9. The summed E-state index contributed by atoms with van der Waals surface area (Å²) in [6.07, 6.45) is 0. The number of rotatable bonds is 3. The van der Waals surface area contributed by atoms with Crippen LogP contribution in [0.2, 0.25) is 0 Å². The smallest absolute Gasteiger partial charge is 0.251 e. The molecule has 0 aromatic carbocycles. The first-order valence-corrected chi connectivity index (χ1v) is 6.05. The zero-order valence-electron chi connectivity index (χ0n) is 10.1. The lowest BCUT2D eigenvalue weighted by molar-refractivity contribution is -0.119. The van der Waals surface area contributed by atoms with Gasteiger partial charge in [0.05, 0.1) is 11.6 Å². The highest BCUT2D eigenvalue weighted by Gasteiger charge is 2.28. The molecule has 1 rings (SSSR count). The molecule has 0 aliphatic rings. The highest BCUT2D eigenvalue weighted by atomic mass is 32.1. The van der Waals surface area contributed by atoms with Crippen molar-refractivity contribution in [1.82, 2.24) is 0 Å². The van der Waals surface area contributed by atoms with E-state index in [0.717, 1.165) is 0 Å². The van der Waals surface area contributed by atoms with Crippen LogP contribution in [-0.4, -0.2) is 17.9 Å². The van der Waals surface area contributed by atoms with Gasteiger partial charge in [0.2, 0.25) is 5.91 Å². The maximum Gasteiger partial charge on any atom is 0.251 e. The van der Waals surface area contributed by atoms with E-state index in [1.54, 1.807) is 11.4 Å². The fourth-order valence-corrected chi connectivity index (χ4v) is 1.98. The molecule has 5 nitrogen and oxygen atoms in total. The monoisotopic (exact) mass is 255 g/mol. The molecular weight excluding hydrogens is 238 g/mol. The van der Waals surface area contributed by atoms with Crippen LogP contribution in [0.1, 0.15) is 31.1 Å². The lowest BCUT2D eigenvalue weighted by atomic mass is 9.87. The Morgan fingerprint density at radius 2 is 2.00 bits per heavy atom. The van der Waals surface area contributed by atoms with Crippen molar-refractivity contribution in [1.29, 1.82) is 0 Å². The summed E-state index contributed by atoms with van der Waals surface area (Å²) < 4.78 is 0. The highest BCUT2D eigenvalue weighted by molar-refractivity contribution is 7.14. The molecule has 0 saturated carbocycles. The van der Waals surface area contributed by atoms with Gasteiger partial charge in [-0.1, -0.05) is 20.8 Å². The van der Waals surface area contributed by atoms with Crippen LogP contribution in [-0.2, 0) is 4.79 Å². The van der Waals surface area contributed by atoms with E-state index in [1.807, 2.05) is 20.8 Å². The molecule has 94 valence electrons. The van der Waals surface area contributed by atoms with Crippen molar-refractivity contribution in [2.75, 3.05) is 5.32 Å². The Morgan fingerprint density at radius 3 is 2.47 bits per heavy atom. The first kappa shape index (κ1) is 13.7. The second-order valence-electron chi connectivity index (χ2n) is 4.86. The molecule has 17 heavy (non-hydrogen) atoms. The zero-order valence-corrected chi connectivity index (χ0v) is 10.9. The molecule has 0 spiro atoms. The predicted molar refractivity (Wildman–Crippen MR) is 68.9 cm³/mol. The number of carbonyl (C=O) groups excluding carboxylic acids is 2. The number of hydrogen-bond donors (Lipinski definition) is 3. The van der Waals surface area contributed by atoms with Crippen LogP contribution in [0.3, 0.4) is 0 Å². The SMILES string of the molecule is CC(C)(C)C(N)C(=O)Nc1sccc1C(N)=O. The molecule has 1 aromatic heterocycles. The fraction of sp³-hybridized carbons (Fsp3) is 0.455. The highest BCUT2D eigenvalue weighted by Crippen LogP contribution is 2.24. The van der Waals surface area contributed by atoms with E-state index in [4.69, 9.17) is 11.5 Å². The van der Waals surface area contributed by atoms with Crippen LogP contribution >= 0.6 is 11.3 Å². The Hall–Kier alpha value is -1.40. The van der Waals surface area contributed by atoms with Gasteiger partial charge in [-0.15, -0.1) is 11.3 Å². The quantitative estimate of drug-likeness (QED) is 0.755. The Kier molecular flexibility index (Phi) is 3.90. The number of amides is 2. The van der Waals surface area contributed by atoms with Crippen molar-refractivity contribution in [2.45, 2.75) is 26.8 Å². The summed E-state index contributed by atoms with van der Waals surface area (Å²) in [5.74, 6) is -0.881. The van der Waals surface area contributed by atoms with Gasteiger partial charge >= 0.3 is 0 Å². The minimum atomic E-state index is -0.648. The van der Waals surface area contributed by atoms with Crippen molar-refractivity contribution in [3.63, 3.8) is 0 Å². The number of thiophene rings is 1. The molecule has 1 unspecified atom stereocenters. The molecule has 0 aliphatic heterocycles. The first-order valence-electron chi connectivity index (χ1n) is 5.17. The minimum Gasteiger partial charge on any atom is -0.366 e. The zero-order chi connectivity index (χ0) is 13.2. The van der Waals surface area contributed by atoms with E-state index in [1.165, 1.54) is 11.3 Å². The molecule has 0 fully saturated rings. The third kappa shape index (κ3) is 3.28. The molecular formula is C11H17N3O2S. The summed E-state index contributed by atoms with van der Waals surface area (Å²) in [6, 6.07) is 0.927. The molecule has 0 radical (unpaired) electrons. The molecule has 1 heterocycles. The topological polar surface area (TPSA) is 98.2 Å². The van der Waals surface area contributed by atoms with Crippen molar-refractivity contribution in [2.24, 2.45) is 16.9 Å². The number of primary amides is 1. The van der Waals surface area contributed by atoms with Crippen molar-refractivity contribution >= 4 is 28.2 Å². The minimum absolute atomic E-state index is 0.310. The van der Waals surface area contributed by atoms with E-state index in [0.29, 0.717) is 10.6 Å². The van der Waals surface area contributed by atoms with E-state index in [9.17, 15) is 9.59 Å². The van der Waals surface area contributed by atoms with Crippen molar-refractivity contribution < 1.29 is 9.59 Å². The normalized spacial score (nSPS) is 13.2. The molecule has 0 saturated heterocycles. The van der Waals surface area contributed by atoms with Crippen LogP contribution in [0.25, 0.3) is 0 Å². The van der Waals surface area contributed by atoms with Crippen LogP contribution < -0.4 is 16.8 Å². The second kappa shape index (κ2) is 4.85. The number of carbonyl (C=O) groups is 2. The molecule has 5 N–H and O–H groups in total. The largest absolute Gasteiger partial charge is 0.366 e. The van der Waals surface area contributed by atoms with Gasteiger partial charge in [0, 0.05) is 0 Å². The van der Waals surface area contributed by atoms with E-state index in [2.05, 4.69) is 5.32 Å². The molecule has 0 aliphatic carbocycles. The standard InChI is InChI=1S/C11H17N3O2S/c1-11(2,3)7(12)9(16)14-10-6(8(13)15)4-5-17-10/h4-5,7H,12H2,1-3H3,(H2,13,15)(H,14,16). The molecule has 0 bridgehead atoms. The van der Waals surface area contributed by atoms with Gasteiger partial charge in [0.1, 0.15) is 5.00 Å². The van der Waals surface area contributed by atoms with Gasteiger partial charge in [-0.2, -0.15) is 0 Å². The van der Waals surface area contributed by atoms with Gasteiger partial charge in [-0.3, -0.25) is 9.59 Å². The summed E-state index contributed by atoms with van der Waals surface area (Å²) in [7, 11) is 0. The van der Waals surface area contributed by atoms with Crippen LogP contribution in [0.4, 0.5) is 5.00 Å². The first-order chi connectivity index (χ1) is 7.73. The summed E-state index contributed by atoms with van der Waals surface area (Å²) in [5.41, 5.74) is 11.0. The molecule has 6 heteroatoms. The summed E-state index contributed by atoms with van der Waals surface area (Å²) in [6.45, 7) is 5.63. The molecule has 2 amide bonds. The molecule has 1 aromatic rings. The lowest BCUT2D eigenvalue weighted by Gasteiger charge is -2.25. The number of nitrogens with one attached hydrogen (secondary N) is 1. The molecule has 1 atom stereocenters. The number of nitrogens with two attached hydrogens (primary N) is 2. The summed E-state index contributed by atoms with van der Waals surface area (Å²) >= 11 is 1.25. The second-order valence-corrected chi connectivity index (χ2v) is 5.78. The van der Waals surface area contributed by atoms with Crippen LogP contribution in [0, 0.1) is 5.41 Å². The van der Waals surface area contributed by atoms with Gasteiger partial charge in [0.15, 0.2) is 0 Å². The summed E-state index contributed by atoms with van der Waals surface area (Å²) in [5, 5.41) is 4.77. The Labute approximate surface area is 104 Å². The van der Waals surface area contributed by atoms with Crippen molar-refractivity contribution in [3.8, 4) is 0 Å². The number of hydrogen-bond acceptors (Lipinski definition) is 4. The Morgan fingerprint density at radius 1 is 1.41 bits per heavy atom. The third-order valence-electron chi connectivity index (χ3n) is 2.38. The van der Waals surface area contributed by atoms with E-state index in [-0.39, 0.29) is 11.3 Å². The predicted octanol–water partition coefficient (Wildman–Crippen LogP) is 1.16. The van der Waals surface area contributed by atoms with Crippen LogP contribution in [0.5, 0.6) is 0 Å². The van der Waals surface area contributed by atoms with E-state index >= 15 is 0 Å². The lowest BCUT2D eigenvalue weighted by Crippen LogP contribution is -2.45. The van der Waals surface area contributed by atoms with Gasteiger partial charge in [-0.25, -0.2) is 0 Å². The Balaban J connectivity index is 2.82. The fourth-order valence-electron chi connectivity index (χ4n) is 1.18. The van der Waals surface area contributed by atoms with Gasteiger partial charge in [0.25, 0.3) is 5.91 Å². The van der Waals surface area contributed by atoms with Crippen molar-refractivity contribution in [3.05, 3.63) is 17.0 Å². The van der Waals surface area contributed by atoms with Gasteiger partial charge < -0.3 is 16.8 Å². The average molecular weight is 255 g/mol.